The van der Waals surface area contributed by atoms with Crippen LogP contribution >= 0.6 is 0 Å². The van der Waals surface area contributed by atoms with Gasteiger partial charge in [-0.15, -0.1) is 0 Å². The molecule has 1 fully saturated rings. The Kier molecular flexibility index (Phi) is 6.37. The Bertz CT molecular complexity index is 705. The number of carbonyl (C=O) groups excluding carboxylic acids is 2. The summed E-state index contributed by atoms with van der Waals surface area (Å²) in [5.74, 6) is -0.912. The lowest BCUT2D eigenvalue weighted by Crippen LogP contribution is -2.43. The average molecular weight is 366 g/mol. The molecule has 0 saturated carbocycles. The first-order valence-electron chi connectivity index (χ1n) is 8.29. The highest BCUT2D eigenvalue weighted by atomic mass is 16.6. The van der Waals surface area contributed by atoms with Crippen molar-refractivity contribution >= 4 is 17.6 Å². The number of nitrogens with zero attached hydrogens (tertiary/aromatic N) is 2. The lowest BCUT2D eigenvalue weighted by molar-refractivity contribution is -0.385. The Morgan fingerprint density at radius 3 is 2.50 bits per heavy atom. The van der Waals surface area contributed by atoms with Gasteiger partial charge in [0.2, 0.25) is 0 Å². The zero-order valence-electron chi connectivity index (χ0n) is 15.0. The second kappa shape index (κ2) is 8.50. The van der Waals surface area contributed by atoms with Gasteiger partial charge in [0, 0.05) is 19.2 Å². The van der Waals surface area contributed by atoms with Crippen LogP contribution in [0.25, 0.3) is 0 Å². The number of likely N-dealkylation sites (tertiary alicyclic amines) is 1. The van der Waals surface area contributed by atoms with Crippen LogP contribution < -0.4 is 9.47 Å². The predicted molar refractivity (Wildman–Crippen MR) is 91.5 cm³/mol. The fourth-order valence-electron chi connectivity index (χ4n) is 2.98. The number of hydrogen-bond donors (Lipinski definition) is 0. The maximum atomic E-state index is 12.9. The van der Waals surface area contributed by atoms with Gasteiger partial charge in [-0.3, -0.25) is 19.7 Å². The van der Waals surface area contributed by atoms with Crippen LogP contribution in [0.15, 0.2) is 12.1 Å². The second-order valence-electron chi connectivity index (χ2n) is 5.82. The Labute approximate surface area is 151 Å². The molecule has 1 aromatic rings. The first kappa shape index (κ1) is 19.5. The van der Waals surface area contributed by atoms with E-state index in [0.717, 1.165) is 0 Å². The molecule has 0 aromatic heterocycles. The lowest BCUT2D eigenvalue weighted by atomic mass is 9.97. The molecule has 9 heteroatoms. The van der Waals surface area contributed by atoms with Crippen molar-refractivity contribution < 1.29 is 28.7 Å². The zero-order chi connectivity index (χ0) is 19.3. The predicted octanol–water partition coefficient (Wildman–Crippen LogP) is 2.03. The molecule has 0 aliphatic carbocycles. The van der Waals surface area contributed by atoms with Crippen LogP contribution in [0.3, 0.4) is 0 Å². The third-order valence-electron chi connectivity index (χ3n) is 4.26. The van der Waals surface area contributed by atoms with Crippen molar-refractivity contribution in [3.8, 4) is 11.5 Å². The highest BCUT2D eigenvalue weighted by Gasteiger charge is 2.33. The number of carbonyl (C=O) groups is 2. The highest BCUT2D eigenvalue weighted by Crippen LogP contribution is 2.35. The van der Waals surface area contributed by atoms with Crippen LogP contribution in [0.1, 0.15) is 30.1 Å². The number of piperidine rings is 1. The molecule has 1 aromatic carbocycles. The first-order valence-corrected chi connectivity index (χ1v) is 8.29. The van der Waals surface area contributed by atoms with Gasteiger partial charge in [0.15, 0.2) is 11.5 Å². The van der Waals surface area contributed by atoms with E-state index < -0.39 is 16.7 Å². The molecule has 0 radical (unpaired) electrons. The molecular weight excluding hydrogens is 344 g/mol. The topological polar surface area (TPSA) is 108 Å². The Morgan fingerprint density at radius 2 is 1.92 bits per heavy atom. The van der Waals surface area contributed by atoms with Crippen LogP contribution in [-0.4, -0.2) is 55.6 Å². The van der Waals surface area contributed by atoms with Crippen molar-refractivity contribution in [1.82, 2.24) is 4.90 Å². The van der Waals surface area contributed by atoms with E-state index in [0.29, 0.717) is 19.4 Å². The third-order valence-corrected chi connectivity index (χ3v) is 4.26. The van der Waals surface area contributed by atoms with Crippen molar-refractivity contribution in [3.63, 3.8) is 0 Å². The average Bonchev–Trinajstić information content (AvgIpc) is 2.66. The van der Waals surface area contributed by atoms with E-state index in [9.17, 15) is 19.7 Å². The van der Waals surface area contributed by atoms with Gasteiger partial charge in [-0.05, 0) is 19.8 Å². The summed E-state index contributed by atoms with van der Waals surface area (Å²) in [6.45, 7) is 2.57. The lowest BCUT2D eigenvalue weighted by Gasteiger charge is -2.31. The first-order chi connectivity index (χ1) is 12.4. The van der Waals surface area contributed by atoms with E-state index in [1.807, 2.05) is 0 Å². The normalized spacial score (nSPS) is 16.7. The van der Waals surface area contributed by atoms with Crippen LogP contribution in [0.4, 0.5) is 5.69 Å². The highest BCUT2D eigenvalue weighted by molar-refractivity contribution is 5.99. The van der Waals surface area contributed by atoms with Crippen LogP contribution in [0.5, 0.6) is 11.5 Å². The Balaban J connectivity index is 2.33. The number of benzene rings is 1. The zero-order valence-corrected chi connectivity index (χ0v) is 15.0. The minimum atomic E-state index is -0.637. The summed E-state index contributed by atoms with van der Waals surface area (Å²) in [6.07, 6.45) is 1.24. The van der Waals surface area contributed by atoms with Gasteiger partial charge < -0.3 is 19.1 Å². The number of rotatable bonds is 6. The molecule has 0 spiro atoms. The molecule has 142 valence electrons. The van der Waals surface area contributed by atoms with Crippen LogP contribution in [0.2, 0.25) is 0 Å². The monoisotopic (exact) mass is 366 g/mol. The van der Waals surface area contributed by atoms with Gasteiger partial charge in [0.25, 0.3) is 11.6 Å². The number of nitro groups is 1. The van der Waals surface area contributed by atoms with Gasteiger partial charge in [-0.1, -0.05) is 0 Å². The number of esters is 1. The van der Waals surface area contributed by atoms with Crippen LogP contribution in [0, 0.1) is 16.0 Å². The summed E-state index contributed by atoms with van der Waals surface area (Å²) in [7, 11) is 2.74. The fourth-order valence-corrected chi connectivity index (χ4v) is 2.98. The van der Waals surface area contributed by atoms with E-state index in [-0.39, 0.29) is 41.9 Å². The number of nitro benzene ring substituents is 1. The molecule has 9 nitrogen and oxygen atoms in total. The van der Waals surface area contributed by atoms with E-state index in [4.69, 9.17) is 14.2 Å². The van der Waals surface area contributed by atoms with E-state index in [2.05, 4.69) is 0 Å². The number of hydrogen-bond acceptors (Lipinski definition) is 7. The molecule has 2 rings (SSSR count). The van der Waals surface area contributed by atoms with Crippen molar-refractivity contribution in [2.24, 2.45) is 5.92 Å². The molecule has 1 saturated heterocycles. The van der Waals surface area contributed by atoms with Gasteiger partial charge in [0.1, 0.15) is 5.56 Å². The fraction of sp³-hybridized carbons (Fsp3) is 0.529. The van der Waals surface area contributed by atoms with Gasteiger partial charge in [-0.2, -0.15) is 0 Å². The summed E-state index contributed by atoms with van der Waals surface area (Å²) in [5, 5.41) is 11.4. The summed E-state index contributed by atoms with van der Waals surface area (Å²) in [6, 6.07) is 2.46. The van der Waals surface area contributed by atoms with Crippen molar-refractivity contribution in [2.45, 2.75) is 19.8 Å². The van der Waals surface area contributed by atoms with E-state index in [1.165, 1.54) is 31.3 Å². The molecule has 0 N–H and O–H groups in total. The summed E-state index contributed by atoms with van der Waals surface area (Å²) < 4.78 is 15.2. The molecule has 1 aliphatic heterocycles. The van der Waals surface area contributed by atoms with E-state index in [1.54, 1.807) is 6.92 Å². The molecule has 1 aliphatic rings. The second-order valence-corrected chi connectivity index (χ2v) is 5.82. The molecule has 1 atom stereocenters. The van der Waals surface area contributed by atoms with Gasteiger partial charge in [-0.25, -0.2) is 0 Å². The SMILES string of the molecule is CCOC(=O)C1CCCN(C(=O)c2cc(OC)c(OC)cc2[N+](=O)[O-])C1. The minimum absolute atomic E-state index is 0.0999. The van der Waals surface area contributed by atoms with Crippen molar-refractivity contribution in [2.75, 3.05) is 33.9 Å². The summed E-state index contributed by atoms with van der Waals surface area (Å²) >= 11 is 0. The van der Waals surface area contributed by atoms with Crippen molar-refractivity contribution in [3.05, 3.63) is 27.8 Å². The molecule has 1 heterocycles. The number of amides is 1. The number of ether oxygens (including phenoxy) is 3. The quantitative estimate of drug-likeness (QED) is 0.430. The Morgan fingerprint density at radius 1 is 1.27 bits per heavy atom. The smallest absolute Gasteiger partial charge is 0.310 e. The largest absolute Gasteiger partial charge is 0.493 e. The maximum absolute atomic E-state index is 12.9. The van der Waals surface area contributed by atoms with E-state index >= 15 is 0 Å². The molecular formula is C17H22N2O7. The Hall–Kier alpha value is -2.84. The molecule has 1 unspecified atom stereocenters. The molecule has 0 bridgehead atoms. The molecule has 26 heavy (non-hydrogen) atoms. The minimum Gasteiger partial charge on any atom is -0.493 e. The van der Waals surface area contributed by atoms with Gasteiger partial charge >= 0.3 is 5.97 Å². The summed E-state index contributed by atoms with van der Waals surface area (Å²) in [5.41, 5.74) is -0.469. The third kappa shape index (κ3) is 4.04. The molecule has 1 amide bonds. The number of methoxy groups -OCH3 is 2. The maximum Gasteiger partial charge on any atom is 0.310 e. The van der Waals surface area contributed by atoms with Crippen LogP contribution in [-0.2, 0) is 9.53 Å². The standard InChI is InChI=1S/C17H22N2O7/c1-4-26-17(21)11-6-5-7-18(10-11)16(20)12-8-14(24-2)15(25-3)9-13(12)19(22)23/h8-9,11H,4-7,10H2,1-3H3. The summed E-state index contributed by atoms with van der Waals surface area (Å²) in [4.78, 5) is 37.1. The van der Waals surface area contributed by atoms with Crippen molar-refractivity contribution in [1.29, 1.82) is 0 Å². The van der Waals surface area contributed by atoms with Gasteiger partial charge in [0.05, 0.1) is 37.7 Å².